The van der Waals surface area contributed by atoms with Gasteiger partial charge in [0, 0.05) is 18.0 Å². The van der Waals surface area contributed by atoms with Crippen LogP contribution in [-0.2, 0) is 10.2 Å². The van der Waals surface area contributed by atoms with Crippen molar-refractivity contribution in [2.75, 3.05) is 6.54 Å². The van der Waals surface area contributed by atoms with Gasteiger partial charge in [0.25, 0.3) is 0 Å². The van der Waals surface area contributed by atoms with Gasteiger partial charge in [0.1, 0.15) is 0 Å². The standard InChI is InChI=1S/C17H21NO/c1-2-3-5-11-16(19)18-14-17(12-8-13-17)15-9-6-4-7-10-15/h2-7,9-11H,8,12-14H2,1H3,(H,18,19)/b3-2+,11-5+. The lowest BCUT2D eigenvalue weighted by Gasteiger charge is -2.42. The zero-order chi connectivity index (χ0) is 13.6. The lowest BCUT2D eigenvalue weighted by atomic mass is 9.64. The number of carbonyl (C=O) groups is 1. The first-order valence-electron chi connectivity index (χ1n) is 6.90. The first kappa shape index (κ1) is 13.6. The van der Waals surface area contributed by atoms with Crippen LogP contribution in [0, 0.1) is 0 Å². The molecule has 2 rings (SSSR count). The van der Waals surface area contributed by atoms with Crippen molar-refractivity contribution < 1.29 is 4.79 Å². The van der Waals surface area contributed by atoms with Crippen molar-refractivity contribution in [1.82, 2.24) is 5.32 Å². The molecular formula is C17H21NO. The van der Waals surface area contributed by atoms with Crippen LogP contribution in [0.15, 0.2) is 54.6 Å². The molecule has 1 aliphatic rings. The summed E-state index contributed by atoms with van der Waals surface area (Å²) in [4.78, 5) is 11.7. The van der Waals surface area contributed by atoms with Gasteiger partial charge in [-0.1, -0.05) is 55.0 Å². The number of hydrogen-bond donors (Lipinski definition) is 1. The van der Waals surface area contributed by atoms with E-state index in [1.54, 1.807) is 12.2 Å². The average molecular weight is 255 g/mol. The molecule has 19 heavy (non-hydrogen) atoms. The summed E-state index contributed by atoms with van der Waals surface area (Å²) < 4.78 is 0. The van der Waals surface area contributed by atoms with E-state index in [1.165, 1.54) is 12.0 Å². The molecule has 0 aliphatic heterocycles. The van der Waals surface area contributed by atoms with E-state index < -0.39 is 0 Å². The van der Waals surface area contributed by atoms with Gasteiger partial charge in [0.15, 0.2) is 0 Å². The van der Waals surface area contributed by atoms with Crippen LogP contribution in [-0.4, -0.2) is 12.5 Å². The van der Waals surface area contributed by atoms with Gasteiger partial charge in [-0.05, 0) is 25.3 Å². The molecule has 2 heteroatoms. The van der Waals surface area contributed by atoms with Crippen molar-refractivity contribution in [3.05, 3.63) is 60.2 Å². The highest BCUT2D eigenvalue weighted by atomic mass is 16.1. The third kappa shape index (κ3) is 3.34. The van der Waals surface area contributed by atoms with E-state index in [1.807, 2.05) is 25.1 Å². The van der Waals surface area contributed by atoms with Gasteiger partial charge in [-0.3, -0.25) is 4.79 Å². The number of benzene rings is 1. The molecule has 0 aromatic heterocycles. The van der Waals surface area contributed by atoms with Crippen molar-refractivity contribution in [1.29, 1.82) is 0 Å². The van der Waals surface area contributed by atoms with Crippen LogP contribution in [0.4, 0.5) is 0 Å². The largest absolute Gasteiger partial charge is 0.352 e. The van der Waals surface area contributed by atoms with Gasteiger partial charge in [0.2, 0.25) is 5.91 Å². The molecule has 100 valence electrons. The molecule has 1 N–H and O–H groups in total. The summed E-state index contributed by atoms with van der Waals surface area (Å²) in [6.45, 7) is 2.66. The Morgan fingerprint density at radius 3 is 2.58 bits per heavy atom. The summed E-state index contributed by atoms with van der Waals surface area (Å²) in [5.74, 6) is -0.0136. The Hall–Kier alpha value is -1.83. The number of carbonyl (C=O) groups excluding carboxylic acids is 1. The summed E-state index contributed by atoms with van der Waals surface area (Å²) >= 11 is 0. The van der Waals surface area contributed by atoms with Crippen LogP contribution in [0.3, 0.4) is 0 Å². The van der Waals surface area contributed by atoms with Crippen LogP contribution in [0.5, 0.6) is 0 Å². The lowest BCUT2D eigenvalue weighted by Crippen LogP contribution is -2.45. The second-order valence-electron chi connectivity index (χ2n) is 5.10. The number of hydrogen-bond acceptors (Lipinski definition) is 1. The third-order valence-electron chi connectivity index (χ3n) is 3.85. The van der Waals surface area contributed by atoms with Crippen molar-refractivity contribution in [3.63, 3.8) is 0 Å². The molecule has 1 aromatic carbocycles. The van der Waals surface area contributed by atoms with E-state index in [0.29, 0.717) is 0 Å². The molecule has 0 unspecified atom stereocenters. The number of nitrogens with one attached hydrogen (secondary N) is 1. The van der Waals surface area contributed by atoms with E-state index in [-0.39, 0.29) is 11.3 Å². The first-order chi connectivity index (χ1) is 9.27. The van der Waals surface area contributed by atoms with Gasteiger partial charge in [0.05, 0.1) is 0 Å². The predicted octanol–water partition coefficient (Wildman–Crippen LogP) is 3.36. The van der Waals surface area contributed by atoms with Crippen molar-refractivity contribution in [2.24, 2.45) is 0 Å². The lowest BCUT2D eigenvalue weighted by molar-refractivity contribution is -0.116. The Morgan fingerprint density at radius 2 is 2.00 bits per heavy atom. The Balaban J connectivity index is 1.95. The molecular weight excluding hydrogens is 234 g/mol. The predicted molar refractivity (Wildman–Crippen MR) is 78.9 cm³/mol. The maximum absolute atomic E-state index is 11.7. The Morgan fingerprint density at radius 1 is 1.26 bits per heavy atom. The zero-order valence-corrected chi connectivity index (χ0v) is 11.4. The van der Waals surface area contributed by atoms with E-state index >= 15 is 0 Å². The van der Waals surface area contributed by atoms with Crippen molar-refractivity contribution >= 4 is 5.91 Å². The Bertz CT molecular complexity index is 469. The highest BCUT2D eigenvalue weighted by Gasteiger charge is 2.38. The summed E-state index contributed by atoms with van der Waals surface area (Å²) in [7, 11) is 0. The summed E-state index contributed by atoms with van der Waals surface area (Å²) in [5.41, 5.74) is 1.50. The van der Waals surface area contributed by atoms with Crippen LogP contribution in [0.2, 0.25) is 0 Å². The summed E-state index contributed by atoms with van der Waals surface area (Å²) in [6, 6.07) is 10.5. The maximum Gasteiger partial charge on any atom is 0.244 e. The molecule has 0 radical (unpaired) electrons. The number of allylic oxidation sites excluding steroid dienone is 3. The molecule has 0 heterocycles. The van der Waals surface area contributed by atoms with Gasteiger partial charge >= 0.3 is 0 Å². The summed E-state index contributed by atoms with van der Waals surface area (Å²) in [5, 5.41) is 3.02. The molecule has 0 saturated heterocycles. The number of amides is 1. The van der Waals surface area contributed by atoms with Crippen LogP contribution in [0.25, 0.3) is 0 Å². The van der Waals surface area contributed by atoms with E-state index in [9.17, 15) is 4.79 Å². The normalized spacial score (nSPS) is 17.5. The quantitative estimate of drug-likeness (QED) is 0.634. The topological polar surface area (TPSA) is 29.1 Å². The zero-order valence-electron chi connectivity index (χ0n) is 11.4. The fourth-order valence-corrected chi connectivity index (χ4v) is 2.53. The number of rotatable bonds is 5. The molecule has 0 spiro atoms. The smallest absolute Gasteiger partial charge is 0.244 e. The molecule has 1 fully saturated rings. The fourth-order valence-electron chi connectivity index (χ4n) is 2.53. The molecule has 0 atom stereocenters. The molecule has 1 aliphatic carbocycles. The monoisotopic (exact) mass is 255 g/mol. The molecule has 2 nitrogen and oxygen atoms in total. The Kier molecular flexibility index (Phi) is 4.56. The fraction of sp³-hybridized carbons (Fsp3) is 0.353. The molecule has 1 aromatic rings. The van der Waals surface area contributed by atoms with Gasteiger partial charge in [-0.25, -0.2) is 0 Å². The summed E-state index contributed by atoms with van der Waals surface area (Å²) in [6.07, 6.45) is 10.7. The highest BCUT2D eigenvalue weighted by Crippen LogP contribution is 2.43. The van der Waals surface area contributed by atoms with E-state index in [0.717, 1.165) is 19.4 Å². The maximum atomic E-state index is 11.7. The molecule has 1 saturated carbocycles. The highest BCUT2D eigenvalue weighted by molar-refractivity contribution is 5.87. The average Bonchev–Trinajstić information content (AvgIpc) is 2.39. The SMILES string of the molecule is C/C=C/C=C/C(=O)NCC1(c2ccccc2)CCC1. The van der Waals surface area contributed by atoms with E-state index in [4.69, 9.17) is 0 Å². The van der Waals surface area contributed by atoms with E-state index in [2.05, 4.69) is 29.6 Å². The van der Waals surface area contributed by atoms with Crippen molar-refractivity contribution in [2.45, 2.75) is 31.6 Å². The minimum absolute atomic E-state index is 0.0136. The minimum atomic E-state index is -0.0136. The Labute approximate surface area is 115 Å². The van der Waals surface area contributed by atoms with Gasteiger partial charge < -0.3 is 5.32 Å². The van der Waals surface area contributed by atoms with Crippen LogP contribution < -0.4 is 5.32 Å². The second-order valence-corrected chi connectivity index (χ2v) is 5.10. The second kappa shape index (κ2) is 6.37. The molecule has 0 bridgehead atoms. The third-order valence-corrected chi connectivity index (χ3v) is 3.85. The van der Waals surface area contributed by atoms with Gasteiger partial charge in [-0.15, -0.1) is 0 Å². The minimum Gasteiger partial charge on any atom is -0.352 e. The van der Waals surface area contributed by atoms with Crippen LogP contribution in [0.1, 0.15) is 31.7 Å². The van der Waals surface area contributed by atoms with Crippen molar-refractivity contribution in [3.8, 4) is 0 Å². The van der Waals surface area contributed by atoms with Gasteiger partial charge in [-0.2, -0.15) is 0 Å². The molecule has 1 amide bonds. The first-order valence-corrected chi connectivity index (χ1v) is 6.90. The van der Waals surface area contributed by atoms with Crippen LogP contribution >= 0.6 is 0 Å².